The molecule has 0 aliphatic heterocycles. The molecular weight excluding hydrogens is 360 g/mol. The molecule has 0 spiro atoms. The van der Waals surface area contributed by atoms with Gasteiger partial charge in [-0.05, 0) is 40.6 Å². The van der Waals surface area contributed by atoms with Gasteiger partial charge in [0.05, 0.1) is 6.21 Å². The van der Waals surface area contributed by atoms with Gasteiger partial charge in [-0.2, -0.15) is 5.10 Å². The lowest BCUT2D eigenvalue weighted by atomic mass is 10.1. The van der Waals surface area contributed by atoms with Crippen LogP contribution in [0.2, 0.25) is 0 Å². The number of fused-ring (bicyclic) bond motifs is 1. The Morgan fingerprint density at radius 1 is 0.828 bits per heavy atom. The molecule has 0 atom stereocenters. The van der Waals surface area contributed by atoms with Crippen LogP contribution >= 0.6 is 0 Å². The Morgan fingerprint density at radius 3 is 2.38 bits per heavy atom. The van der Waals surface area contributed by atoms with E-state index in [4.69, 9.17) is 4.74 Å². The highest BCUT2D eigenvalue weighted by molar-refractivity contribution is 6.00. The molecule has 4 rings (SSSR count). The molecule has 0 bridgehead atoms. The van der Waals surface area contributed by atoms with Gasteiger partial charge in [-0.3, -0.25) is 4.79 Å². The van der Waals surface area contributed by atoms with Crippen molar-refractivity contribution in [3.8, 4) is 5.75 Å². The summed E-state index contributed by atoms with van der Waals surface area (Å²) in [5.41, 5.74) is 5.15. The maximum absolute atomic E-state index is 12.3. The Labute approximate surface area is 169 Å². The molecule has 4 aromatic carbocycles. The zero-order chi connectivity index (χ0) is 19.9. The van der Waals surface area contributed by atoms with E-state index in [9.17, 15) is 4.79 Å². The number of carbonyl (C=O) groups is 1. The minimum Gasteiger partial charge on any atom is -0.489 e. The van der Waals surface area contributed by atoms with Crippen LogP contribution in [-0.2, 0) is 6.61 Å². The predicted octanol–water partition coefficient (Wildman–Crippen LogP) is 5.18. The summed E-state index contributed by atoms with van der Waals surface area (Å²) in [6, 6.07) is 31.0. The van der Waals surface area contributed by atoms with E-state index in [1.54, 1.807) is 30.5 Å². The number of carbonyl (C=O) groups excluding carboxylic acids is 1. The molecule has 4 nitrogen and oxygen atoms in total. The summed E-state index contributed by atoms with van der Waals surface area (Å²) in [5, 5.41) is 6.33. The van der Waals surface area contributed by atoms with Crippen LogP contribution in [0.1, 0.15) is 21.5 Å². The summed E-state index contributed by atoms with van der Waals surface area (Å²) in [5.74, 6) is 0.445. The van der Waals surface area contributed by atoms with E-state index in [0.29, 0.717) is 17.9 Å². The normalized spacial score (nSPS) is 10.9. The van der Waals surface area contributed by atoms with Crippen molar-refractivity contribution in [3.05, 3.63) is 114 Å². The van der Waals surface area contributed by atoms with Gasteiger partial charge >= 0.3 is 0 Å². The van der Waals surface area contributed by atoms with Crippen LogP contribution in [-0.4, -0.2) is 12.1 Å². The standard InChI is InChI=1S/C25H20N2O2/c28-25(27-26-17-22-11-6-10-20-9-4-5-12-24(20)22)21-13-15-23(16-14-21)29-18-19-7-2-1-3-8-19/h1-17H,18H2,(H,27,28). The van der Waals surface area contributed by atoms with Gasteiger partial charge in [0.15, 0.2) is 0 Å². The molecule has 0 unspecified atom stereocenters. The third kappa shape index (κ3) is 4.68. The van der Waals surface area contributed by atoms with E-state index in [-0.39, 0.29) is 5.91 Å². The summed E-state index contributed by atoms with van der Waals surface area (Å²) in [6.45, 7) is 0.488. The van der Waals surface area contributed by atoms with Crippen LogP contribution < -0.4 is 10.2 Å². The Bertz CT molecular complexity index is 1130. The minimum atomic E-state index is -0.268. The van der Waals surface area contributed by atoms with Crippen LogP contribution in [0.15, 0.2) is 102 Å². The first kappa shape index (κ1) is 18.4. The number of rotatable bonds is 6. The van der Waals surface area contributed by atoms with Crippen LogP contribution in [0.5, 0.6) is 5.75 Å². The molecule has 0 aliphatic rings. The smallest absolute Gasteiger partial charge is 0.271 e. The fourth-order valence-electron chi connectivity index (χ4n) is 3.03. The number of nitrogens with zero attached hydrogens (tertiary/aromatic N) is 1. The Hall–Kier alpha value is -3.92. The summed E-state index contributed by atoms with van der Waals surface area (Å²) in [6.07, 6.45) is 1.66. The number of ether oxygens (including phenoxy) is 1. The highest BCUT2D eigenvalue weighted by Gasteiger charge is 2.05. The molecule has 4 heteroatoms. The van der Waals surface area contributed by atoms with E-state index < -0.39 is 0 Å². The monoisotopic (exact) mass is 380 g/mol. The molecule has 0 aliphatic carbocycles. The average Bonchev–Trinajstić information content (AvgIpc) is 2.79. The van der Waals surface area contributed by atoms with Gasteiger partial charge in [-0.1, -0.05) is 72.8 Å². The van der Waals surface area contributed by atoms with E-state index >= 15 is 0 Å². The van der Waals surface area contributed by atoms with Crippen molar-refractivity contribution in [1.29, 1.82) is 0 Å². The van der Waals surface area contributed by atoms with Gasteiger partial charge in [-0.15, -0.1) is 0 Å². The highest BCUT2D eigenvalue weighted by atomic mass is 16.5. The summed E-state index contributed by atoms with van der Waals surface area (Å²) >= 11 is 0. The van der Waals surface area contributed by atoms with Gasteiger partial charge in [0.25, 0.3) is 5.91 Å². The number of hydrazone groups is 1. The largest absolute Gasteiger partial charge is 0.489 e. The lowest BCUT2D eigenvalue weighted by Gasteiger charge is -2.07. The first-order chi connectivity index (χ1) is 14.3. The predicted molar refractivity (Wildman–Crippen MR) is 116 cm³/mol. The van der Waals surface area contributed by atoms with Gasteiger partial charge in [-0.25, -0.2) is 5.43 Å². The molecule has 0 fully saturated rings. The molecule has 0 heterocycles. The van der Waals surface area contributed by atoms with E-state index in [1.165, 1.54) is 0 Å². The second-order valence-corrected chi connectivity index (χ2v) is 6.57. The van der Waals surface area contributed by atoms with Gasteiger partial charge in [0.2, 0.25) is 0 Å². The summed E-state index contributed by atoms with van der Waals surface area (Å²) in [7, 11) is 0. The maximum Gasteiger partial charge on any atom is 0.271 e. The van der Waals surface area contributed by atoms with Gasteiger partial charge in [0.1, 0.15) is 12.4 Å². The van der Waals surface area contributed by atoms with Crippen LogP contribution in [0.25, 0.3) is 10.8 Å². The highest BCUT2D eigenvalue weighted by Crippen LogP contribution is 2.17. The Balaban J connectivity index is 1.36. The van der Waals surface area contributed by atoms with Crippen molar-refractivity contribution in [2.75, 3.05) is 0 Å². The third-order valence-corrected chi connectivity index (χ3v) is 4.56. The number of nitrogens with one attached hydrogen (secondary N) is 1. The molecule has 1 N–H and O–H groups in total. The Morgan fingerprint density at radius 2 is 1.55 bits per heavy atom. The average molecular weight is 380 g/mol. The zero-order valence-corrected chi connectivity index (χ0v) is 15.8. The van der Waals surface area contributed by atoms with Crippen molar-refractivity contribution >= 4 is 22.9 Å². The first-order valence-corrected chi connectivity index (χ1v) is 9.37. The van der Waals surface area contributed by atoms with Crippen LogP contribution in [0.3, 0.4) is 0 Å². The third-order valence-electron chi connectivity index (χ3n) is 4.56. The van der Waals surface area contributed by atoms with Crippen molar-refractivity contribution in [2.24, 2.45) is 5.10 Å². The van der Waals surface area contributed by atoms with Crippen molar-refractivity contribution in [2.45, 2.75) is 6.61 Å². The van der Waals surface area contributed by atoms with Crippen molar-refractivity contribution < 1.29 is 9.53 Å². The fourth-order valence-corrected chi connectivity index (χ4v) is 3.03. The van der Waals surface area contributed by atoms with Gasteiger partial charge < -0.3 is 4.74 Å². The van der Waals surface area contributed by atoms with Gasteiger partial charge in [0, 0.05) is 11.1 Å². The Kier molecular flexibility index (Phi) is 5.63. The molecule has 0 radical (unpaired) electrons. The molecule has 142 valence electrons. The molecule has 0 aromatic heterocycles. The lowest BCUT2D eigenvalue weighted by Crippen LogP contribution is -2.17. The minimum absolute atomic E-state index is 0.268. The van der Waals surface area contributed by atoms with Crippen LogP contribution in [0, 0.1) is 0 Å². The summed E-state index contributed by atoms with van der Waals surface area (Å²) < 4.78 is 5.75. The first-order valence-electron chi connectivity index (χ1n) is 9.37. The number of benzene rings is 4. The van der Waals surface area contributed by atoms with E-state index in [1.807, 2.05) is 72.8 Å². The topological polar surface area (TPSA) is 50.7 Å². The maximum atomic E-state index is 12.3. The van der Waals surface area contributed by atoms with Crippen molar-refractivity contribution in [1.82, 2.24) is 5.43 Å². The number of hydrogen-bond acceptors (Lipinski definition) is 3. The number of hydrogen-bond donors (Lipinski definition) is 1. The molecule has 29 heavy (non-hydrogen) atoms. The quantitative estimate of drug-likeness (QED) is 0.370. The fraction of sp³-hybridized carbons (Fsp3) is 0.0400. The SMILES string of the molecule is O=C(NN=Cc1cccc2ccccc12)c1ccc(OCc2ccccc2)cc1. The molecular formula is C25H20N2O2. The van der Waals surface area contributed by atoms with E-state index in [0.717, 1.165) is 21.9 Å². The molecule has 0 saturated carbocycles. The number of amides is 1. The van der Waals surface area contributed by atoms with Crippen molar-refractivity contribution in [3.63, 3.8) is 0 Å². The molecule has 1 amide bonds. The van der Waals surface area contributed by atoms with E-state index in [2.05, 4.69) is 10.5 Å². The zero-order valence-electron chi connectivity index (χ0n) is 15.8. The van der Waals surface area contributed by atoms with Crippen LogP contribution in [0.4, 0.5) is 0 Å². The molecule has 0 saturated heterocycles. The second-order valence-electron chi connectivity index (χ2n) is 6.57. The molecule has 4 aromatic rings. The lowest BCUT2D eigenvalue weighted by molar-refractivity contribution is 0.0955. The summed E-state index contributed by atoms with van der Waals surface area (Å²) in [4.78, 5) is 12.3. The second kappa shape index (κ2) is 8.85.